The summed E-state index contributed by atoms with van der Waals surface area (Å²) in [6, 6.07) is 11.8. The van der Waals surface area contributed by atoms with Crippen molar-refractivity contribution in [2.24, 2.45) is 0 Å². The van der Waals surface area contributed by atoms with Crippen LogP contribution in [0.5, 0.6) is 5.75 Å². The number of nitrogens with one attached hydrogen (secondary N) is 2. The van der Waals surface area contributed by atoms with Crippen molar-refractivity contribution in [3.63, 3.8) is 0 Å². The maximum atomic E-state index is 12.5. The van der Waals surface area contributed by atoms with E-state index < -0.39 is 15.8 Å². The van der Waals surface area contributed by atoms with Gasteiger partial charge in [0.15, 0.2) is 5.58 Å². The highest BCUT2D eigenvalue weighted by atomic mass is 32.2. The van der Waals surface area contributed by atoms with Crippen LogP contribution in [-0.2, 0) is 10.0 Å². The predicted octanol–water partition coefficient (Wildman–Crippen LogP) is 1.58. The summed E-state index contributed by atoms with van der Waals surface area (Å²) in [7, 11) is -3.71. The first-order chi connectivity index (χ1) is 11.5. The first-order valence-corrected chi connectivity index (χ1v) is 8.85. The summed E-state index contributed by atoms with van der Waals surface area (Å²) >= 11 is 0. The van der Waals surface area contributed by atoms with Gasteiger partial charge in [0.1, 0.15) is 5.75 Å². The highest BCUT2D eigenvalue weighted by Gasteiger charge is 2.26. The first-order valence-electron chi connectivity index (χ1n) is 7.37. The smallest absolute Gasteiger partial charge is 0.417 e. The van der Waals surface area contributed by atoms with Gasteiger partial charge in [-0.1, -0.05) is 18.2 Å². The van der Waals surface area contributed by atoms with Crippen molar-refractivity contribution < 1.29 is 17.6 Å². The molecule has 1 unspecified atom stereocenters. The number of fused-ring (bicyclic) bond motifs is 2. The van der Waals surface area contributed by atoms with E-state index in [9.17, 15) is 13.2 Å². The molecule has 0 radical (unpaired) electrons. The lowest BCUT2D eigenvalue weighted by molar-refractivity contribution is 0.330. The molecule has 8 heteroatoms. The van der Waals surface area contributed by atoms with Crippen LogP contribution in [0.4, 0.5) is 0 Å². The summed E-state index contributed by atoms with van der Waals surface area (Å²) in [5.41, 5.74) is 1.65. The maximum absolute atomic E-state index is 12.5. The molecule has 0 spiro atoms. The maximum Gasteiger partial charge on any atom is 0.417 e. The number of ether oxygens (including phenoxy) is 1. The zero-order valence-corrected chi connectivity index (χ0v) is 13.3. The second-order valence-electron chi connectivity index (χ2n) is 5.57. The number of hydrogen-bond donors (Lipinski definition) is 2. The molecule has 3 aromatic rings. The van der Waals surface area contributed by atoms with E-state index in [2.05, 4.69) is 9.71 Å². The van der Waals surface area contributed by atoms with E-state index in [0.29, 0.717) is 12.1 Å². The first kappa shape index (κ1) is 15.0. The zero-order valence-electron chi connectivity index (χ0n) is 12.5. The van der Waals surface area contributed by atoms with Crippen molar-refractivity contribution in [1.82, 2.24) is 9.71 Å². The third-order valence-corrected chi connectivity index (χ3v) is 5.44. The molecule has 0 bridgehead atoms. The molecule has 0 aliphatic carbocycles. The standard InChI is InChI=1S/C16H14N2O5S/c19-16-18-13-6-5-11(7-15(13)23-16)24(20,21)17-8-10-9-22-14-4-2-1-3-12(10)14/h1-7,10,17H,8-9H2,(H,18,19). The minimum Gasteiger partial charge on any atom is -0.493 e. The van der Waals surface area contributed by atoms with Crippen LogP contribution in [0, 0.1) is 0 Å². The quantitative estimate of drug-likeness (QED) is 0.747. The fourth-order valence-corrected chi connectivity index (χ4v) is 3.88. The van der Waals surface area contributed by atoms with E-state index in [-0.39, 0.29) is 22.9 Å². The van der Waals surface area contributed by atoms with E-state index in [1.54, 1.807) is 0 Å². The average molecular weight is 346 g/mol. The number of oxazole rings is 1. The van der Waals surface area contributed by atoms with E-state index in [4.69, 9.17) is 9.15 Å². The van der Waals surface area contributed by atoms with Crippen LogP contribution in [0.25, 0.3) is 11.1 Å². The number of rotatable bonds is 4. The normalized spacial score (nSPS) is 16.9. The number of hydrogen-bond acceptors (Lipinski definition) is 5. The van der Waals surface area contributed by atoms with Crippen LogP contribution < -0.4 is 15.2 Å². The van der Waals surface area contributed by atoms with Gasteiger partial charge in [0.25, 0.3) is 0 Å². The molecule has 2 N–H and O–H groups in total. The minimum atomic E-state index is -3.71. The third kappa shape index (κ3) is 2.59. The Hall–Kier alpha value is -2.58. The Balaban J connectivity index is 1.56. The van der Waals surface area contributed by atoms with Gasteiger partial charge in [-0.15, -0.1) is 0 Å². The van der Waals surface area contributed by atoms with Gasteiger partial charge in [-0.3, -0.25) is 4.98 Å². The molecule has 0 fully saturated rings. The largest absolute Gasteiger partial charge is 0.493 e. The summed E-state index contributed by atoms with van der Waals surface area (Å²) < 4.78 is 38.0. The van der Waals surface area contributed by atoms with Crippen LogP contribution in [0.2, 0.25) is 0 Å². The second-order valence-corrected chi connectivity index (χ2v) is 7.34. The average Bonchev–Trinajstić information content (AvgIpc) is 3.14. The lowest BCUT2D eigenvalue weighted by atomic mass is 10.0. The molecule has 4 rings (SSSR count). The Morgan fingerprint density at radius 1 is 1.21 bits per heavy atom. The number of benzene rings is 2. The highest BCUT2D eigenvalue weighted by molar-refractivity contribution is 7.89. The fourth-order valence-electron chi connectivity index (χ4n) is 2.78. The van der Waals surface area contributed by atoms with Crippen LogP contribution >= 0.6 is 0 Å². The fraction of sp³-hybridized carbons (Fsp3) is 0.188. The monoisotopic (exact) mass is 346 g/mol. The van der Waals surface area contributed by atoms with E-state index in [1.165, 1.54) is 18.2 Å². The van der Waals surface area contributed by atoms with Crippen molar-refractivity contribution in [2.75, 3.05) is 13.2 Å². The van der Waals surface area contributed by atoms with Crippen LogP contribution in [0.3, 0.4) is 0 Å². The molecule has 1 aliphatic heterocycles. The van der Waals surface area contributed by atoms with E-state index in [1.807, 2.05) is 24.3 Å². The van der Waals surface area contributed by atoms with Gasteiger partial charge in [-0.05, 0) is 18.2 Å². The Labute approximate surface area is 137 Å². The molecule has 2 heterocycles. The SMILES string of the molecule is O=c1[nH]c2ccc(S(=O)(=O)NCC3COc4ccccc43)cc2o1. The predicted molar refractivity (Wildman–Crippen MR) is 86.7 cm³/mol. The Morgan fingerprint density at radius 3 is 2.92 bits per heavy atom. The topological polar surface area (TPSA) is 101 Å². The van der Waals surface area contributed by atoms with E-state index in [0.717, 1.165) is 11.3 Å². The van der Waals surface area contributed by atoms with Gasteiger partial charge < -0.3 is 9.15 Å². The zero-order chi connectivity index (χ0) is 16.7. The molecule has 2 aromatic carbocycles. The molecule has 124 valence electrons. The number of para-hydroxylation sites is 1. The van der Waals surface area contributed by atoms with Crippen molar-refractivity contribution in [3.05, 3.63) is 58.6 Å². The van der Waals surface area contributed by atoms with E-state index >= 15 is 0 Å². The Kier molecular flexibility index (Phi) is 3.43. The summed E-state index contributed by atoms with van der Waals surface area (Å²) in [6.45, 7) is 0.669. The molecule has 1 atom stereocenters. The van der Waals surface area contributed by atoms with Crippen molar-refractivity contribution in [2.45, 2.75) is 10.8 Å². The Bertz CT molecular complexity index is 1070. The van der Waals surface area contributed by atoms with Crippen LogP contribution in [-0.4, -0.2) is 26.6 Å². The van der Waals surface area contributed by atoms with Gasteiger partial charge in [0, 0.05) is 24.1 Å². The summed E-state index contributed by atoms with van der Waals surface area (Å²) in [6.07, 6.45) is 0. The second kappa shape index (κ2) is 5.50. The highest BCUT2D eigenvalue weighted by Crippen LogP contribution is 2.33. The molecule has 0 saturated carbocycles. The number of aromatic nitrogens is 1. The van der Waals surface area contributed by atoms with Gasteiger partial charge in [0.05, 0.1) is 17.0 Å². The molecule has 0 saturated heterocycles. The van der Waals surface area contributed by atoms with Gasteiger partial charge in [-0.2, -0.15) is 0 Å². The van der Waals surface area contributed by atoms with Crippen LogP contribution in [0.1, 0.15) is 11.5 Å². The molecular weight excluding hydrogens is 332 g/mol. The van der Waals surface area contributed by atoms with Crippen molar-refractivity contribution in [1.29, 1.82) is 0 Å². The third-order valence-electron chi connectivity index (χ3n) is 4.02. The molecule has 0 amide bonds. The summed E-state index contributed by atoms with van der Waals surface area (Å²) in [5, 5.41) is 0. The van der Waals surface area contributed by atoms with Gasteiger partial charge in [0.2, 0.25) is 10.0 Å². The number of H-pyrrole nitrogens is 1. The number of aromatic amines is 1. The number of sulfonamides is 1. The molecule has 1 aromatic heterocycles. The minimum absolute atomic E-state index is 0.0371. The van der Waals surface area contributed by atoms with Crippen LogP contribution in [0.15, 0.2) is 56.6 Å². The lowest BCUT2D eigenvalue weighted by Crippen LogP contribution is -2.29. The van der Waals surface area contributed by atoms with Crippen molar-refractivity contribution >= 4 is 21.1 Å². The Morgan fingerprint density at radius 2 is 2.04 bits per heavy atom. The summed E-state index contributed by atoms with van der Waals surface area (Å²) in [4.78, 5) is 13.7. The molecule has 1 aliphatic rings. The molecule has 24 heavy (non-hydrogen) atoms. The van der Waals surface area contributed by atoms with Crippen molar-refractivity contribution in [3.8, 4) is 5.75 Å². The molecular formula is C16H14N2O5S. The van der Waals surface area contributed by atoms with Gasteiger partial charge in [-0.25, -0.2) is 17.9 Å². The lowest BCUT2D eigenvalue weighted by Gasteiger charge is -2.11. The van der Waals surface area contributed by atoms with Gasteiger partial charge >= 0.3 is 5.76 Å². The summed E-state index contributed by atoms with van der Waals surface area (Å²) in [5.74, 6) is 0.134. The molecule has 7 nitrogen and oxygen atoms in total.